The van der Waals surface area contributed by atoms with Gasteiger partial charge in [-0.2, -0.15) is 5.26 Å². The van der Waals surface area contributed by atoms with Crippen molar-refractivity contribution < 1.29 is 4.79 Å². The Morgan fingerprint density at radius 2 is 2.00 bits per heavy atom. The molecule has 19 heavy (non-hydrogen) atoms. The van der Waals surface area contributed by atoms with Gasteiger partial charge in [-0.05, 0) is 42.4 Å². The summed E-state index contributed by atoms with van der Waals surface area (Å²) in [5.41, 5.74) is 3.48. The van der Waals surface area contributed by atoms with Gasteiger partial charge in [-0.3, -0.25) is 4.79 Å². The van der Waals surface area contributed by atoms with E-state index in [-0.39, 0.29) is 0 Å². The smallest absolute Gasteiger partial charge is 0.158 e. The Hall–Kier alpha value is -1.88. The summed E-state index contributed by atoms with van der Waals surface area (Å²) in [5.74, 6) is 0.304. The second-order valence-electron chi connectivity index (χ2n) is 5.00. The van der Waals surface area contributed by atoms with Gasteiger partial charge in [0, 0.05) is 19.3 Å². The van der Waals surface area contributed by atoms with Crippen molar-refractivity contribution in [2.45, 2.75) is 44.9 Å². The van der Waals surface area contributed by atoms with Crippen LogP contribution in [0.3, 0.4) is 0 Å². The number of benzene rings is 1. The number of Topliss-reactive ketones (excluding diaryl/α,β-unsaturated/α-hetero) is 1. The number of unbranched alkanes of at least 4 members (excludes halogenated alkanes) is 1. The molecule has 0 bridgehead atoms. The van der Waals surface area contributed by atoms with E-state index in [1.54, 1.807) is 0 Å². The molecule has 1 aromatic carbocycles. The van der Waals surface area contributed by atoms with Gasteiger partial charge in [0.25, 0.3) is 0 Å². The SMILES string of the molecule is N#CCCCc1ccccc1CC1=CCCCC1=O. The molecule has 0 radical (unpaired) electrons. The molecule has 0 N–H and O–H groups in total. The first-order chi connectivity index (χ1) is 9.31. The first kappa shape index (κ1) is 13.5. The fourth-order valence-electron chi connectivity index (χ4n) is 2.52. The van der Waals surface area contributed by atoms with Crippen LogP contribution in [0.4, 0.5) is 0 Å². The number of hydrogen-bond acceptors (Lipinski definition) is 2. The minimum Gasteiger partial charge on any atom is -0.295 e. The number of nitriles is 1. The summed E-state index contributed by atoms with van der Waals surface area (Å²) in [5, 5.41) is 8.61. The van der Waals surface area contributed by atoms with Crippen LogP contribution in [0.2, 0.25) is 0 Å². The molecule has 0 aliphatic heterocycles. The maximum absolute atomic E-state index is 11.9. The van der Waals surface area contributed by atoms with Crippen molar-refractivity contribution >= 4 is 5.78 Å². The molecule has 0 spiro atoms. The molecule has 2 heteroatoms. The highest BCUT2D eigenvalue weighted by Crippen LogP contribution is 2.21. The van der Waals surface area contributed by atoms with E-state index in [1.807, 2.05) is 12.1 Å². The van der Waals surface area contributed by atoms with Crippen LogP contribution < -0.4 is 0 Å². The van der Waals surface area contributed by atoms with Crippen LogP contribution in [0.25, 0.3) is 0 Å². The average molecular weight is 253 g/mol. The monoisotopic (exact) mass is 253 g/mol. The molecule has 0 atom stereocenters. The highest BCUT2D eigenvalue weighted by atomic mass is 16.1. The summed E-state index contributed by atoms with van der Waals surface area (Å²) in [6.07, 6.45) is 7.97. The lowest BCUT2D eigenvalue weighted by Gasteiger charge is -2.14. The van der Waals surface area contributed by atoms with Crippen molar-refractivity contribution in [3.05, 3.63) is 47.0 Å². The molecule has 2 rings (SSSR count). The number of ketones is 1. The number of aryl methyl sites for hydroxylation is 1. The minimum absolute atomic E-state index is 0.304. The van der Waals surface area contributed by atoms with Crippen molar-refractivity contribution in [3.8, 4) is 6.07 Å². The van der Waals surface area contributed by atoms with Crippen LogP contribution in [-0.4, -0.2) is 5.78 Å². The third-order valence-corrected chi connectivity index (χ3v) is 3.59. The topological polar surface area (TPSA) is 40.9 Å². The van der Waals surface area contributed by atoms with Gasteiger partial charge in [0.15, 0.2) is 5.78 Å². The lowest BCUT2D eigenvalue weighted by atomic mass is 9.90. The molecular formula is C17H19NO. The Bertz CT molecular complexity index is 522. The molecular weight excluding hydrogens is 234 g/mol. The van der Waals surface area contributed by atoms with E-state index in [0.717, 1.165) is 37.7 Å². The Morgan fingerprint density at radius 1 is 1.21 bits per heavy atom. The number of hydrogen-bond donors (Lipinski definition) is 0. The summed E-state index contributed by atoms with van der Waals surface area (Å²) < 4.78 is 0. The van der Waals surface area contributed by atoms with Gasteiger partial charge in [-0.1, -0.05) is 30.3 Å². The molecule has 0 heterocycles. The number of carbonyl (C=O) groups is 1. The summed E-state index contributed by atoms with van der Waals surface area (Å²) in [4.78, 5) is 11.9. The maximum Gasteiger partial charge on any atom is 0.158 e. The summed E-state index contributed by atoms with van der Waals surface area (Å²) in [7, 11) is 0. The van der Waals surface area contributed by atoms with Crippen molar-refractivity contribution in [1.82, 2.24) is 0 Å². The van der Waals surface area contributed by atoms with E-state index in [4.69, 9.17) is 5.26 Å². The Morgan fingerprint density at radius 3 is 2.74 bits per heavy atom. The van der Waals surface area contributed by atoms with Crippen LogP contribution in [-0.2, 0) is 17.6 Å². The lowest BCUT2D eigenvalue weighted by molar-refractivity contribution is -0.116. The van der Waals surface area contributed by atoms with E-state index in [2.05, 4.69) is 24.3 Å². The summed E-state index contributed by atoms with van der Waals surface area (Å²) in [6.45, 7) is 0. The molecule has 0 fully saturated rings. The van der Waals surface area contributed by atoms with Gasteiger partial charge in [0.2, 0.25) is 0 Å². The first-order valence-electron chi connectivity index (χ1n) is 6.97. The number of rotatable bonds is 5. The Labute approximate surface area is 114 Å². The van der Waals surface area contributed by atoms with Crippen molar-refractivity contribution in [3.63, 3.8) is 0 Å². The molecule has 0 saturated carbocycles. The fraction of sp³-hybridized carbons (Fsp3) is 0.412. The number of carbonyl (C=O) groups excluding carboxylic acids is 1. The maximum atomic E-state index is 11.9. The molecule has 0 amide bonds. The van der Waals surface area contributed by atoms with E-state index in [0.29, 0.717) is 18.6 Å². The van der Waals surface area contributed by atoms with Gasteiger partial charge in [-0.15, -0.1) is 0 Å². The van der Waals surface area contributed by atoms with Gasteiger partial charge >= 0.3 is 0 Å². The highest BCUT2D eigenvalue weighted by molar-refractivity contribution is 5.96. The molecule has 1 aliphatic carbocycles. The normalized spacial score (nSPS) is 14.9. The van der Waals surface area contributed by atoms with Gasteiger partial charge in [0.1, 0.15) is 0 Å². The van der Waals surface area contributed by atoms with Gasteiger partial charge in [-0.25, -0.2) is 0 Å². The highest BCUT2D eigenvalue weighted by Gasteiger charge is 2.14. The van der Waals surface area contributed by atoms with Crippen LogP contribution in [0.5, 0.6) is 0 Å². The zero-order valence-corrected chi connectivity index (χ0v) is 11.2. The zero-order chi connectivity index (χ0) is 13.5. The lowest BCUT2D eigenvalue weighted by Crippen LogP contribution is -2.10. The van der Waals surface area contributed by atoms with Gasteiger partial charge < -0.3 is 0 Å². The van der Waals surface area contributed by atoms with Crippen LogP contribution in [0, 0.1) is 11.3 Å². The second-order valence-corrected chi connectivity index (χ2v) is 5.00. The molecule has 98 valence electrons. The molecule has 2 nitrogen and oxygen atoms in total. The third-order valence-electron chi connectivity index (χ3n) is 3.59. The third kappa shape index (κ3) is 3.79. The Kier molecular flexibility index (Phi) is 4.92. The average Bonchev–Trinajstić information content (AvgIpc) is 2.43. The zero-order valence-electron chi connectivity index (χ0n) is 11.2. The molecule has 1 aliphatic rings. The largest absolute Gasteiger partial charge is 0.295 e. The predicted octanol–water partition coefficient (Wildman–Crippen LogP) is 3.75. The molecule has 0 saturated heterocycles. The summed E-state index contributed by atoms with van der Waals surface area (Å²) in [6, 6.07) is 10.4. The molecule has 0 aromatic heterocycles. The molecule has 0 unspecified atom stereocenters. The number of allylic oxidation sites excluding steroid dienone is 2. The van der Waals surface area contributed by atoms with E-state index in [1.165, 1.54) is 11.1 Å². The van der Waals surface area contributed by atoms with Crippen molar-refractivity contribution in [1.29, 1.82) is 5.26 Å². The quantitative estimate of drug-likeness (QED) is 0.750. The minimum atomic E-state index is 0.304. The van der Waals surface area contributed by atoms with Crippen molar-refractivity contribution in [2.75, 3.05) is 0 Å². The van der Waals surface area contributed by atoms with Gasteiger partial charge in [0.05, 0.1) is 6.07 Å². The Balaban J connectivity index is 2.09. The standard InChI is InChI=1S/C17H19NO/c18-12-6-5-8-14-7-1-2-9-15(14)13-16-10-3-4-11-17(16)19/h1-2,7,9-10H,3-6,8,11,13H2. The van der Waals surface area contributed by atoms with E-state index < -0.39 is 0 Å². The second kappa shape index (κ2) is 6.89. The van der Waals surface area contributed by atoms with Crippen LogP contribution >= 0.6 is 0 Å². The predicted molar refractivity (Wildman–Crippen MR) is 75.6 cm³/mol. The van der Waals surface area contributed by atoms with E-state index >= 15 is 0 Å². The van der Waals surface area contributed by atoms with Crippen molar-refractivity contribution in [2.24, 2.45) is 0 Å². The molecule has 1 aromatic rings. The first-order valence-corrected chi connectivity index (χ1v) is 6.97. The summed E-state index contributed by atoms with van der Waals surface area (Å²) >= 11 is 0. The van der Waals surface area contributed by atoms with E-state index in [9.17, 15) is 4.79 Å². The fourth-order valence-corrected chi connectivity index (χ4v) is 2.52. The van der Waals surface area contributed by atoms with Crippen LogP contribution in [0.1, 0.15) is 43.2 Å². The number of nitrogens with zero attached hydrogens (tertiary/aromatic N) is 1. The van der Waals surface area contributed by atoms with Crippen LogP contribution in [0.15, 0.2) is 35.9 Å².